The van der Waals surface area contributed by atoms with E-state index in [0.29, 0.717) is 0 Å². The summed E-state index contributed by atoms with van der Waals surface area (Å²) in [5.41, 5.74) is 0. The number of sulfone groups is 1. The normalized spacial score (nSPS) is 17.3. The number of benzene rings is 1. The first-order chi connectivity index (χ1) is 8.29. The third-order valence-electron chi connectivity index (χ3n) is 2.43. The van der Waals surface area contributed by atoms with Gasteiger partial charge in [-0.3, -0.25) is 0 Å². The average Bonchev–Trinajstić information content (AvgIpc) is 2.12. The van der Waals surface area contributed by atoms with Gasteiger partial charge in [0.05, 0.1) is 18.1 Å². The predicted octanol–water partition coefficient (Wildman–Crippen LogP) is 1.76. The van der Waals surface area contributed by atoms with E-state index in [1.165, 1.54) is 0 Å². The highest BCUT2D eigenvalue weighted by Crippen LogP contribution is 2.26. The molecule has 0 amide bonds. The zero-order valence-corrected chi connectivity index (χ0v) is 9.79. The second kappa shape index (κ2) is 4.43. The van der Waals surface area contributed by atoms with Crippen molar-refractivity contribution < 1.29 is 31.1 Å². The van der Waals surface area contributed by atoms with Gasteiger partial charge >= 0.3 is 6.36 Å². The molecule has 4 nitrogen and oxygen atoms in total. The number of rotatable bonds is 3. The van der Waals surface area contributed by atoms with E-state index in [0.717, 1.165) is 24.3 Å². The van der Waals surface area contributed by atoms with Crippen molar-refractivity contribution in [2.24, 2.45) is 0 Å². The molecule has 1 fully saturated rings. The highest BCUT2D eigenvalue weighted by molar-refractivity contribution is 7.92. The van der Waals surface area contributed by atoms with Gasteiger partial charge in [0.25, 0.3) is 0 Å². The van der Waals surface area contributed by atoms with Crippen molar-refractivity contribution in [2.75, 3.05) is 13.2 Å². The molecule has 1 aliphatic rings. The Bertz CT molecular complexity index is 517. The Hall–Kier alpha value is -1.28. The quantitative estimate of drug-likeness (QED) is 0.847. The summed E-state index contributed by atoms with van der Waals surface area (Å²) >= 11 is 0. The topological polar surface area (TPSA) is 52.6 Å². The van der Waals surface area contributed by atoms with Crippen LogP contribution in [0, 0.1) is 0 Å². The minimum Gasteiger partial charge on any atom is -0.406 e. The Morgan fingerprint density at radius 2 is 1.72 bits per heavy atom. The van der Waals surface area contributed by atoms with Crippen molar-refractivity contribution >= 4 is 9.84 Å². The number of ether oxygens (including phenoxy) is 2. The van der Waals surface area contributed by atoms with E-state index in [2.05, 4.69) is 4.74 Å². The minimum absolute atomic E-state index is 0.0367. The van der Waals surface area contributed by atoms with Gasteiger partial charge in [-0.05, 0) is 24.3 Å². The highest BCUT2D eigenvalue weighted by atomic mass is 32.2. The van der Waals surface area contributed by atoms with Crippen molar-refractivity contribution in [3.8, 4) is 5.75 Å². The molecule has 0 spiro atoms. The van der Waals surface area contributed by atoms with Crippen LogP contribution in [0.25, 0.3) is 0 Å². The third kappa shape index (κ3) is 2.75. The summed E-state index contributed by atoms with van der Waals surface area (Å²) < 4.78 is 67.9. The van der Waals surface area contributed by atoms with Crippen LogP contribution in [0.5, 0.6) is 5.75 Å². The van der Waals surface area contributed by atoms with Crippen molar-refractivity contribution in [3.05, 3.63) is 24.3 Å². The van der Waals surface area contributed by atoms with Crippen LogP contribution in [0.15, 0.2) is 29.2 Å². The first-order valence-corrected chi connectivity index (χ1v) is 6.51. The van der Waals surface area contributed by atoms with Gasteiger partial charge in [-0.1, -0.05) is 0 Å². The maximum atomic E-state index is 11.9. The summed E-state index contributed by atoms with van der Waals surface area (Å²) in [6.45, 7) is 0.228. The predicted molar refractivity (Wildman–Crippen MR) is 54.9 cm³/mol. The molecular formula is C10H9F3O4S. The molecule has 1 heterocycles. The lowest BCUT2D eigenvalue weighted by Gasteiger charge is -2.25. The number of hydrogen-bond donors (Lipinski definition) is 0. The van der Waals surface area contributed by atoms with Crippen LogP contribution < -0.4 is 4.74 Å². The van der Waals surface area contributed by atoms with Crippen LogP contribution in [0.3, 0.4) is 0 Å². The van der Waals surface area contributed by atoms with Crippen molar-refractivity contribution in [3.63, 3.8) is 0 Å². The van der Waals surface area contributed by atoms with E-state index in [-0.39, 0.29) is 18.1 Å². The molecule has 18 heavy (non-hydrogen) atoms. The fourth-order valence-electron chi connectivity index (χ4n) is 1.42. The number of halogens is 3. The molecule has 0 radical (unpaired) electrons. The molecule has 1 saturated heterocycles. The second-order valence-electron chi connectivity index (χ2n) is 3.72. The summed E-state index contributed by atoms with van der Waals surface area (Å²) in [5, 5.41) is -0.619. The summed E-state index contributed by atoms with van der Waals surface area (Å²) in [6.07, 6.45) is -4.79. The summed E-state index contributed by atoms with van der Waals surface area (Å²) in [7, 11) is -3.52. The maximum absolute atomic E-state index is 11.9. The summed E-state index contributed by atoms with van der Waals surface area (Å²) in [4.78, 5) is -0.0367. The maximum Gasteiger partial charge on any atom is 0.573 e. The Morgan fingerprint density at radius 1 is 1.17 bits per heavy atom. The van der Waals surface area contributed by atoms with Crippen molar-refractivity contribution in [1.29, 1.82) is 0 Å². The van der Waals surface area contributed by atoms with E-state index in [4.69, 9.17) is 4.74 Å². The molecule has 1 aromatic rings. The molecule has 100 valence electrons. The fraction of sp³-hybridized carbons (Fsp3) is 0.400. The van der Waals surface area contributed by atoms with E-state index in [1.54, 1.807) is 0 Å². The lowest BCUT2D eigenvalue weighted by molar-refractivity contribution is -0.274. The molecule has 0 saturated carbocycles. The van der Waals surface area contributed by atoms with E-state index >= 15 is 0 Å². The zero-order chi connectivity index (χ0) is 13.4. The Morgan fingerprint density at radius 3 is 2.11 bits per heavy atom. The van der Waals surface area contributed by atoms with Crippen LogP contribution in [0.1, 0.15) is 0 Å². The molecule has 0 aromatic heterocycles. The smallest absolute Gasteiger partial charge is 0.406 e. The molecular weight excluding hydrogens is 273 g/mol. The average molecular weight is 282 g/mol. The van der Waals surface area contributed by atoms with Crippen molar-refractivity contribution in [2.45, 2.75) is 16.5 Å². The monoisotopic (exact) mass is 282 g/mol. The van der Waals surface area contributed by atoms with E-state index in [1.807, 2.05) is 0 Å². The van der Waals surface area contributed by atoms with Crippen LogP contribution >= 0.6 is 0 Å². The SMILES string of the molecule is O=S(=O)(c1ccc(OC(F)(F)F)cc1)C1COC1. The molecule has 8 heteroatoms. The van der Waals surface area contributed by atoms with Crippen LogP contribution in [-0.2, 0) is 14.6 Å². The highest BCUT2D eigenvalue weighted by Gasteiger charge is 2.34. The molecule has 0 bridgehead atoms. The van der Waals surface area contributed by atoms with Crippen LogP contribution in [0.2, 0.25) is 0 Å². The largest absolute Gasteiger partial charge is 0.573 e. The first-order valence-electron chi connectivity index (χ1n) is 4.96. The van der Waals surface area contributed by atoms with Gasteiger partial charge in [-0.15, -0.1) is 13.2 Å². The lowest BCUT2D eigenvalue weighted by atomic mass is 10.3. The van der Waals surface area contributed by atoms with Gasteiger partial charge in [0.15, 0.2) is 9.84 Å². The standard InChI is InChI=1S/C10H9F3O4S/c11-10(12,13)17-7-1-3-8(4-2-7)18(14,15)9-5-16-6-9/h1-4,9H,5-6H2. The Balaban J connectivity index is 2.17. The summed E-state index contributed by atoms with van der Waals surface area (Å²) in [5.74, 6) is -0.452. The van der Waals surface area contributed by atoms with Gasteiger partial charge in [-0.2, -0.15) is 0 Å². The molecule has 0 unspecified atom stereocenters. The lowest BCUT2D eigenvalue weighted by Crippen LogP contribution is -2.40. The Labute approximate surface area is 101 Å². The second-order valence-corrected chi connectivity index (χ2v) is 5.95. The van der Waals surface area contributed by atoms with Gasteiger partial charge in [-0.25, -0.2) is 8.42 Å². The summed E-state index contributed by atoms with van der Waals surface area (Å²) in [6, 6.07) is 4.13. The van der Waals surface area contributed by atoms with E-state index in [9.17, 15) is 21.6 Å². The van der Waals surface area contributed by atoms with Gasteiger partial charge in [0.1, 0.15) is 11.0 Å². The van der Waals surface area contributed by atoms with Gasteiger partial charge < -0.3 is 9.47 Å². The molecule has 1 aliphatic heterocycles. The third-order valence-corrected chi connectivity index (χ3v) is 4.51. The van der Waals surface area contributed by atoms with Crippen LogP contribution in [0.4, 0.5) is 13.2 Å². The molecule has 0 atom stereocenters. The minimum atomic E-state index is -4.79. The number of alkyl halides is 3. The zero-order valence-electron chi connectivity index (χ0n) is 8.98. The Kier molecular flexibility index (Phi) is 3.24. The van der Waals surface area contributed by atoms with Crippen LogP contribution in [-0.4, -0.2) is 33.2 Å². The molecule has 1 aromatic carbocycles. The molecule has 2 rings (SSSR count). The van der Waals surface area contributed by atoms with Crippen molar-refractivity contribution in [1.82, 2.24) is 0 Å². The van der Waals surface area contributed by atoms with Gasteiger partial charge in [0, 0.05) is 0 Å². The molecule has 0 N–H and O–H groups in total. The fourth-order valence-corrected chi connectivity index (χ4v) is 2.87. The molecule has 0 aliphatic carbocycles. The first kappa shape index (κ1) is 13.2. The van der Waals surface area contributed by atoms with E-state index < -0.39 is 27.2 Å². The van der Waals surface area contributed by atoms with Gasteiger partial charge in [0.2, 0.25) is 0 Å². The number of hydrogen-bond acceptors (Lipinski definition) is 4.